The molecule has 1 unspecified atom stereocenters. The molecule has 0 fully saturated rings. The first-order valence-corrected chi connectivity index (χ1v) is 6.49. The van der Waals surface area contributed by atoms with Gasteiger partial charge in [0.25, 0.3) is 0 Å². The van der Waals surface area contributed by atoms with Crippen molar-refractivity contribution in [1.82, 2.24) is 0 Å². The second-order valence-electron chi connectivity index (χ2n) is 4.65. The summed E-state index contributed by atoms with van der Waals surface area (Å²) in [6.07, 6.45) is -0.716. The first-order chi connectivity index (χ1) is 9.02. The summed E-state index contributed by atoms with van der Waals surface area (Å²) < 4.78 is 5.29. The van der Waals surface area contributed by atoms with Crippen molar-refractivity contribution in [1.29, 1.82) is 0 Å². The number of aliphatic hydroxyl groups is 1. The molecule has 0 bridgehead atoms. The van der Waals surface area contributed by atoms with E-state index < -0.39 is 6.10 Å². The largest absolute Gasteiger partial charge is 0.496 e. The minimum atomic E-state index is -0.716. The molecular weight excluding hydrogens is 260 g/mol. The third kappa shape index (κ3) is 2.91. The molecule has 0 saturated carbocycles. The van der Waals surface area contributed by atoms with Crippen molar-refractivity contribution in [3.05, 3.63) is 63.7 Å². The van der Waals surface area contributed by atoms with E-state index in [1.165, 1.54) is 0 Å². The summed E-state index contributed by atoms with van der Waals surface area (Å²) in [7, 11) is 1.57. The predicted molar refractivity (Wildman–Crippen MR) is 78.0 cm³/mol. The third-order valence-electron chi connectivity index (χ3n) is 3.22. The fourth-order valence-corrected chi connectivity index (χ4v) is 2.29. The molecule has 1 N–H and O–H groups in total. The Hall–Kier alpha value is -1.51. The van der Waals surface area contributed by atoms with Crippen LogP contribution in [-0.2, 0) is 0 Å². The van der Waals surface area contributed by atoms with Crippen LogP contribution in [0.25, 0.3) is 0 Å². The predicted octanol–water partition coefficient (Wildman–Crippen LogP) is 4.05. The number of rotatable bonds is 3. The summed E-state index contributed by atoms with van der Waals surface area (Å²) in [5, 5.41) is 11.2. The lowest BCUT2D eigenvalue weighted by Crippen LogP contribution is -2.04. The molecule has 0 radical (unpaired) electrons. The van der Waals surface area contributed by atoms with Crippen molar-refractivity contribution >= 4 is 11.6 Å². The Balaban J connectivity index is 2.49. The first-order valence-electron chi connectivity index (χ1n) is 6.11. The van der Waals surface area contributed by atoms with E-state index in [2.05, 4.69) is 0 Å². The highest BCUT2D eigenvalue weighted by Crippen LogP contribution is 2.33. The second kappa shape index (κ2) is 5.64. The van der Waals surface area contributed by atoms with Crippen LogP contribution in [0.4, 0.5) is 0 Å². The van der Waals surface area contributed by atoms with Gasteiger partial charge in [0.1, 0.15) is 11.9 Å². The Morgan fingerprint density at radius 1 is 1.05 bits per heavy atom. The normalized spacial score (nSPS) is 12.3. The minimum Gasteiger partial charge on any atom is -0.496 e. The van der Waals surface area contributed by atoms with Crippen molar-refractivity contribution in [2.24, 2.45) is 0 Å². The summed E-state index contributed by atoms with van der Waals surface area (Å²) in [6.45, 7) is 4.00. The van der Waals surface area contributed by atoms with E-state index in [1.807, 2.05) is 32.0 Å². The van der Waals surface area contributed by atoms with E-state index >= 15 is 0 Å². The summed E-state index contributed by atoms with van der Waals surface area (Å²) in [4.78, 5) is 0. The van der Waals surface area contributed by atoms with Gasteiger partial charge in [0.15, 0.2) is 0 Å². The third-order valence-corrected chi connectivity index (χ3v) is 3.45. The molecule has 2 aromatic rings. The second-order valence-corrected chi connectivity index (χ2v) is 5.09. The molecule has 19 heavy (non-hydrogen) atoms. The fraction of sp³-hybridized carbons (Fsp3) is 0.250. The van der Waals surface area contributed by atoms with Crippen LogP contribution in [0.2, 0.25) is 5.02 Å². The number of halogens is 1. The topological polar surface area (TPSA) is 29.5 Å². The van der Waals surface area contributed by atoms with Gasteiger partial charge in [0.05, 0.1) is 7.11 Å². The van der Waals surface area contributed by atoms with Gasteiger partial charge < -0.3 is 9.84 Å². The average Bonchev–Trinajstić information content (AvgIpc) is 2.40. The molecule has 2 nitrogen and oxygen atoms in total. The van der Waals surface area contributed by atoms with Crippen LogP contribution < -0.4 is 4.74 Å². The number of aryl methyl sites for hydroxylation is 2. The smallest absolute Gasteiger partial charge is 0.126 e. The quantitative estimate of drug-likeness (QED) is 0.916. The van der Waals surface area contributed by atoms with Crippen LogP contribution in [0.15, 0.2) is 36.4 Å². The molecule has 2 aromatic carbocycles. The van der Waals surface area contributed by atoms with Gasteiger partial charge in [-0.25, -0.2) is 0 Å². The summed E-state index contributed by atoms with van der Waals surface area (Å²) in [6, 6.07) is 11.3. The van der Waals surface area contributed by atoms with Crippen LogP contribution >= 0.6 is 11.6 Å². The summed E-state index contributed by atoms with van der Waals surface area (Å²) in [5.74, 6) is 0.598. The standard InChI is InChI=1S/C16H17ClO2/c1-10-4-5-11(2)14(8-10)16(18)13-7-6-12(17)9-15(13)19-3/h4-9,16,18H,1-3H3. The zero-order valence-electron chi connectivity index (χ0n) is 11.3. The number of hydrogen-bond donors (Lipinski definition) is 1. The Bertz CT molecular complexity index is 593. The minimum absolute atomic E-state index is 0.591. The van der Waals surface area contributed by atoms with E-state index in [0.29, 0.717) is 10.8 Å². The van der Waals surface area contributed by atoms with Crippen molar-refractivity contribution in [2.45, 2.75) is 20.0 Å². The molecule has 0 aliphatic heterocycles. The SMILES string of the molecule is COc1cc(Cl)ccc1C(O)c1cc(C)ccc1C. The highest BCUT2D eigenvalue weighted by atomic mass is 35.5. The van der Waals surface area contributed by atoms with Crippen LogP contribution in [-0.4, -0.2) is 12.2 Å². The van der Waals surface area contributed by atoms with E-state index in [-0.39, 0.29) is 0 Å². The monoisotopic (exact) mass is 276 g/mol. The van der Waals surface area contributed by atoms with Crippen LogP contribution in [0, 0.1) is 13.8 Å². The van der Waals surface area contributed by atoms with E-state index in [0.717, 1.165) is 22.3 Å². The van der Waals surface area contributed by atoms with E-state index in [9.17, 15) is 5.11 Å². The Kier molecular flexibility index (Phi) is 4.13. The number of benzene rings is 2. The first kappa shape index (κ1) is 13.9. The Labute approximate surface area is 118 Å². The van der Waals surface area contributed by atoms with Gasteiger partial charge in [-0.1, -0.05) is 41.4 Å². The lowest BCUT2D eigenvalue weighted by molar-refractivity contribution is 0.214. The number of ether oxygens (including phenoxy) is 1. The molecule has 0 spiro atoms. The molecule has 100 valence electrons. The number of methoxy groups -OCH3 is 1. The van der Waals surface area contributed by atoms with Crippen LogP contribution in [0.3, 0.4) is 0 Å². The van der Waals surface area contributed by atoms with Gasteiger partial charge in [-0.05, 0) is 37.1 Å². The summed E-state index contributed by atoms with van der Waals surface area (Å²) in [5.41, 5.74) is 3.78. The average molecular weight is 277 g/mol. The molecule has 3 heteroatoms. The fourth-order valence-electron chi connectivity index (χ4n) is 2.13. The van der Waals surface area contributed by atoms with Crippen LogP contribution in [0.1, 0.15) is 28.4 Å². The molecule has 2 rings (SSSR count). The zero-order valence-corrected chi connectivity index (χ0v) is 12.0. The lowest BCUT2D eigenvalue weighted by atomic mass is 9.95. The molecule has 0 aromatic heterocycles. The molecule has 0 aliphatic rings. The Morgan fingerprint density at radius 2 is 1.79 bits per heavy atom. The maximum Gasteiger partial charge on any atom is 0.126 e. The molecule has 0 aliphatic carbocycles. The van der Waals surface area contributed by atoms with Gasteiger partial charge in [-0.2, -0.15) is 0 Å². The maximum atomic E-state index is 10.6. The van der Waals surface area contributed by atoms with Gasteiger partial charge in [-0.15, -0.1) is 0 Å². The molecule has 0 heterocycles. The van der Waals surface area contributed by atoms with Gasteiger partial charge >= 0.3 is 0 Å². The lowest BCUT2D eigenvalue weighted by Gasteiger charge is -2.18. The van der Waals surface area contributed by atoms with Crippen molar-refractivity contribution in [2.75, 3.05) is 7.11 Å². The molecule has 1 atom stereocenters. The van der Waals surface area contributed by atoms with Crippen LogP contribution in [0.5, 0.6) is 5.75 Å². The highest BCUT2D eigenvalue weighted by Gasteiger charge is 2.17. The highest BCUT2D eigenvalue weighted by molar-refractivity contribution is 6.30. The van der Waals surface area contributed by atoms with Crippen molar-refractivity contribution in [3.63, 3.8) is 0 Å². The number of hydrogen-bond acceptors (Lipinski definition) is 2. The molecule has 0 saturated heterocycles. The summed E-state index contributed by atoms with van der Waals surface area (Å²) >= 11 is 5.94. The van der Waals surface area contributed by atoms with Crippen molar-refractivity contribution in [3.8, 4) is 5.75 Å². The molecular formula is C16H17ClO2. The number of aliphatic hydroxyl groups excluding tert-OH is 1. The van der Waals surface area contributed by atoms with Gasteiger partial charge in [0.2, 0.25) is 0 Å². The van der Waals surface area contributed by atoms with Gasteiger partial charge in [0, 0.05) is 10.6 Å². The Morgan fingerprint density at radius 3 is 2.47 bits per heavy atom. The van der Waals surface area contributed by atoms with E-state index in [4.69, 9.17) is 16.3 Å². The molecule has 0 amide bonds. The zero-order chi connectivity index (χ0) is 14.0. The maximum absolute atomic E-state index is 10.6. The van der Waals surface area contributed by atoms with Crippen molar-refractivity contribution < 1.29 is 9.84 Å². The van der Waals surface area contributed by atoms with E-state index in [1.54, 1.807) is 25.3 Å². The van der Waals surface area contributed by atoms with Gasteiger partial charge in [-0.3, -0.25) is 0 Å².